The Morgan fingerprint density at radius 3 is 2.10 bits per heavy atom. The van der Waals surface area contributed by atoms with Gasteiger partial charge in [-0.3, -0.25) is 4.79 Å². The number of nitrogens with zero attached hydrogens (tertiary/aromatic N) is 4. The molecule has 0 aromatic heterocycles. The summed E-state index contributed by atoms with van der Waals surface area (Å²) in [6, 6.07) is 14.3. The van der Waals surface area contributed by atoms with E-state index in [9.17, 15) is 23.4 Å². The summed E-state index contributed by atoms with van der Waals surface area (Å²) in [5.74, 6) is 0.349. The summed E-state index contributed by atoms with van der Waals surface area (Å²) in [4.78, 5) is 14.0. The molecule has 1 heterocycles. The fourth-order valence-electron chi connectivity index (χ4n) is 8.47. The number of methoxy groups -OCH3 is 1. The minimum atomic E-state index is -4.12. The van der Waals surface area contributed by atoms with Crippen molar-refractivity contribution in [3.05, 3.63) is 92.4 Å². The first-order chi connectivity index (χ1) is 31.5. The van der Waals surface area contributed by atoms with E-state index in [4.69, 9.17) is 44.3 Å². The van der Waals surface area contributed by atoms with Gasteiger partial charge in [0.15, 0.2) is 5.84 Å². The number of amidine groups is 1. The van der Waals surface area contributed by atoms with Crippen molar-refractivity contribution in [1.82, 2.24) is 4.72 Å². The van der Waals surface area contributed by atoms with E-state index >= 15 is 0 Å². The summed E-state index contributed by atoms with van der Waals surface area (Å²) < 4.78 is 43.0. The predicted molar refractivity (Wildman–Crippen MR) is 271 cm³/mol. The molecule has 0 saturated heterocycles. The fourth-order valence-corrected chi connectivity index (χ4v) is 10.5. The van der Waals surface area contributed by atoms with Gasteiger partial charge >= 0.3 is 0 Å². The van der Waals surface area contributed by atoms with Crippen LogP contribution in [0.5, 0.6) is 23.0 Å². The number of sulfonamides is 1. The maximum Gasteiger partial charge on any atom is 0.282 e. The number of hydrogen-bond acceptors (Lipinski definition) is 11. The van der Waals surface area contributed by atoms with E-state index < -0.39 is 28.1 Å². The van der Waals surface area contributed by atoms with Crippen molar-refractivity contribution in [2.24, 2.45) is 20.7 Å². The van der Waals surface area contributed by atoms with Gasteiger partial charge < -0.3 is 25.0 Å². The van der Waals surface area contributed by atoms with Gasteiger partial charge in [0.05, 0.1) is 33.4 Å². The average molecular weight is 1000 g/mol. The number of carbonyl (C=O) groups is 1. The number of nitrogens with one attached hydrogen (secondary N) is 2. The van der Waals surface area contributed by atoms with Gasteiger partial charge in [0.25, 0.3) is 5.91 Å². The molecule has 0 radical (unpaired) electrons. The number of anilines is 2. The van der Waals surface area contributed by atoms with Crippen LogP contribution in [-0.4, -0.2) is 56.2 Å². The van der Waals surface area contributed by atoms with Gasteiger partial charge in [-0.2, -0.15) is 15.2 Å². The van der Waals surface area contributed by atoms with Crippen LogP contribution in [0.1, 0.15) is 122 Å². The summed E-state index contributed by atoms with van der Waals surface area (Å²) in [6.07, 6.45) is 9.89. The van der Waals surface area contributed by atoms with Crippen LogP contribution in [0.25, 0.3) is 0 Å². The number of phenols is 2. The summed E-state index contributed by atoms with van der Waals surface area (Å²) in [7, 11) is -2.73. The molecule has 2 atom stereocenters. The number of aromatic hydroxyl groups is 2. The second-order valence-electron chi connectivity index (χ2n) is 19.0. The molecule has 4 aromatic carbocycles. The maximum atomic E-state index is 14.0. The van der Waals surface area contributed by atoms with Crippen molar-refractivity contribution in [2.75, 3.05) is 24.0 Å². The average Bonchev–Trinajstić information content (AvgIpc) is 3.54. The van der Waals surface area contributed by atoms with Crippen molar-refractivity contribution in [3.63, 3.8) is 0 Å². The van der Waals surface area contributed by atoms with Crippen molar-refractivity contribution in [1.29, 1.82) is 0 Å². The van der Waals surface area contributed by atoms with Crippen LogP contribution >= 0.6 is 34.8 Å². The Hall–Kier alpha value is -4.60. The Balaban J connectivity index is 1.39. The van der Waals surface area contributed by atoms with E-state index in [1.54, 1.807) is 38.1 Å². The lowest BCUT2D eigenvalue weighted by atomic mass is 9.72. The monoisotopic (exact) mass is 998 g/mol. The van der Waals surface area contributed by atoms with Crippen LogP contribution in [0.15, 0.2) is 80.9 Å². The van der Waals surface area contributed by atoms with Gasteiger partial charge in [0.1, 0.15) is 34.8 Å². The molecule has 4 aromatic rings. The lowest BCUT2D eigenvalue weighted by Crippen LogP contribution is -2.35. The quantitative estimate of drug-likeness (QED) is 0.0444. The number of aryl methyl sites for hydroxylation is 2. The van der Waals surface area contributed by atoms with E-state index in [1.165, 1.54) is 63.1 Å². The van der Waals surface area contributed by atoms with Gasteiger partial charge in [-0.25, -0.2) is 13.1 Å². The third-order valence-electron chi connectivity index (χ3n) is 11.5. The van der Waals surface area contributed by atoms with Gasteiger partial charge in [-0.05, 0) is 110 Å². The Kier molecular flexibility index (Phi) is 18.4. The first kappa shape index (κ1) is 53.4. The Morgan fingerprint density at radius 1 is 0.866 bits per heavy atom. The number of rotatable bonds is 22. The van der Waals surface area contributed by atoms with Crippen molar-refractivity contribution in [2.45, 2.75) is 142 Å². The van der Waals surface area contributed by atoms with Gasteiger partial charge in [-0.15, -0.1) is 5.10 Å². The third kappa shape index (κ3) is 14.5. The van der Waals surface area contributed by atoms with Crippen LogP contribution in [0.2, 0.25) is 15.1 Å². The fraction of sp³-hybridized carbons (Fsp3) is 0.480. The standard InChI is InChI=1S/C50H65Cl3N6O7S/c1-10-11-12-13-14-15-16-17-18-36(66-35-19-22-42(60)38(27-35)50(7,8)30-49(4,5)6)29-54-67(63,64)37-20-21-41(43(28-37)65-9)55-47-44(57-56-34-23-31(2)46(61)32(3)24-34)48(62)59(58-47)45-39(52)25-33(51)26-40(45)53/h19-28,36,44,54,60-61H,10-18,29-30H2,1-9H3,(H,55,58)/b57-56+. The molecule has 4 N–H and O–H groups in total. The summed E-state index contributed by atoms with van der Waals surface area (Å²) >= 11 is 19.2. The summed E-state index contributed by atoms with van der Waals surface area (Å²) in [6.45, 7) is 16.3. The second-order valence-corrected chi connectivity index (χ2v) is 22.1. The number of carbonyl (C=O) groups excluding carboxylic acids is 1. The molecule has 364 valence electrons. The number of amides is 1. The van der Waals surface area contributed by atoms with Crippen LogP contribution in [-0.2, 0) is 20.2 Å². The minimum Gasteiger partial charge on any atom is -0.508 e. The molecule has 67 heavy (non-hydrogen) atoms. The zero-order valence-electron chi connectivity index (χ0n) is 40.0. The predicted octanol–water partition coefficient (Wildman–Crippen LogP) is 13.6. The number of phenolic OH excluding ortho intramolecular Hbond substituents is 2. The Labute approximate surface area is 411 Å². The van der Waals surface area contributed by atoms with E-state index in [0.29, 0.717) is 29.0 Å². The molecule has 13 nitrogen and oxygen atoms in total. The van der Waals surface area contributed by atoms with Crippen molar-refractivity contribution >= 4 is 73.6 Å². The van der Waals surface area contributed by atoms with Crippen LogP contribution in [0.3, 0.4) is 0 Å². The molecular weight excluding hydrogens is 935 g/mol. The topological polar surface area (TPSA) is 175 Å². The largest absolute Gasteiger partial charge is 0.508 e. The van der Waals surface area contributed by atoms with E-state index in [2.05, 4.69) is 66.9 Å². The van der Waals surface area contributed by atoms with Crippen molar-refractivity contribution < 1.29 is 32.9 Å². The number of unbranched alkanes of at least 4 members (excludes halogenated alkanes) is 7. The molecule has 1 amide bonds. The first-order valence-electron chi connectivity index (χ1n) is 22.8. The van der Waals surface area contributed by atoms with Crippen LogP contribution < -0.4 is 24.5 Å². The molecule has 0 saturated carbocycles. The molecule has 17 heteroatoms. The molecule has 2 unspecified atom stereocenters. The van der Waals surface area contributed by atoms with Crippen molar-refractivity contribution in [3.8, 4) is 23.0 Å². The number of hydrazone groups is 1. The molecule has 0 aliphatic carbocycles. The number of halogens is 3. The number of ether oxygens (including phenoxy) is 2. The van der Waals surface area contributed by atoms with Gasteiger partial charge in [-0.1, -0.05) is 121 Å². The zero-order valence-corrected chi connectivity index (χ0v) is 43.1. The van der Waals surface area contributed by atoms with E-state index in [-0.39, 0.29) is 71.8 Å². The van der Waals surface area contributed by atoms with E-state index in [1.807, 2.05) is 6.07 Å². The second kappa shape index (κ2) is 23.1. The zero-order chi connectivity index (χ0) is 49.3. The molecule has 5 rings (SSSR count). The minimum absolute atomic E-state index is 0.00946. The number of azo groups is 1. The Morgan fingerprint density at radius 2 is 1.49 bits per heavy atom. The molecule has 0 spiro atoms. The highest BCUT2D eigenvalue weighted by Crippen LogP contribution is 2.42. The SMILES string of the molecule is CCCCCCCCCCC(CNS(=O)(=O)c1ccc(NC2=NN(c3c(Cl)cc(Cl)cc3Cl)C(=O)C2/N=N/c2cc(C)c(O)c(C)c2)c(OC)c1)Oc1ccc(O)c(C(C)(C)CC(C)(C)C)c1. The summed E-state index contributed by atoms with van der Waals surface area (Å²) in [5.41, 5.74) is 2.30. The first-order valence-corrected chi connectivity index (χ1v) is 25.4. The van der Waals surface area contributed by atoms with E-state index in [0.717, 1.165) is 42.7 Å². The van der Waals surface area contributed by atoms with Crippen LogP contribution in [0, 0.1) is 19.3 Å². The highest BCUT2D eigenvalue weighted by molar-refractivity contribution is 7.89. The molecular formula is C50H65Cl3N6O7S. The number of hydrogen-bond donors (Lipinski definition) is 4. The van der Waals surface area contributed by atoms with Gasteiger partial charge in [0.2, 0.25) is 16.1 Å². The molecule has 0 fully saturated rings. The Bertz CT molecular complexity index is 2520. The lowest BCUT2D eigenvalue weighted by molar-refractivity contribution is -0.117. The van der Waals surface area contributed by atoms with Gasteiger partial charge in [0, 0.05) is 23.2 Å². The smallest absolute Gasteiger partial charge is 0.282 e. The number of benzene rings is 4. The molecule has 0 bridgehead atoms. The van der Waals surface area contributed by atoms with Crippen LogP contribution in [0.4, 0.5) is 17.1 Å². The molecule has 1 aliphatic heterocycles. The highest BCUT2D eigenvalue weighted by Gasteiger charge is 2.40. The third-order valence-corrected chi connectivity index (χ3v) is 13.7. The maximum absolute atomic E-state index is 14.0. The molecule has 1 aliphatic rings. The highest BCUT2D eigenvalue weighted by atomic mass is 35.5. The normalized spacial score (nSPS) is 15.0. The summed E-state index contributed by atoms with van der Waals surface area (Å²) in [5, 5.41) is 38.9. The lowest BCUT2D eigenvalue weighted by Gasteiger charge is -2.33.